The highest BCUT2D eigenvalue weighted by Gasteiger charge is 2.26. The first-order chi connectivity index (χ1) is 9.17. The Hall–Kier alpha value is -0.160. The van der Waals surface area contributed by atoms with Crippen LogP contribution < -0.4 is 11.1 Å². The molecule has 2 aliphatic rings. The minimum Gasteiger partial charge on any atom is -0.366 e. The number of hydrogen-bond acceptors (Lipinski definition) is 4. The van der Waals surface area contributed by atoms with Crippen LogP contribution >= 0.6 is 0 Å². The van der Waals surface area contributed by atoms with Gasteiger partial charge >= 0.3 is 0 Å². The van der Waals surface area contributed by atoms with Crippen LogP contribution in [0.5, 0.6) is 0 Å². The molecule has 1 aliphatic carbocycles. The fourth-order valence-electron chi connectivity index (χ4n) is 3.79. The number of nitrogens with zero attached hydrogens (tertiary/aromatic N) is 1. The van der Waals surface area contributed by atoms with Gasteiger partial charge in [0.15, 0.2) is 6.35 Å². The van der Waals surface area contributed by atoms with Crippen LogP contribution in [0.4, 0.5) is 0 Å². The topological polar surface area (TPSA) is 61.5 Å². The molecule has 0 aromatic carbocycles. The van der Waals surface area contributed by atoms with E-state index in [9.17, 15) is 5.11 Å². The quantitative estimate of drug-likeness (QED) is 0.662. The third-order valence-corrected chi connectivity index (χ3v) is 4.99. The second kappa shape index (κ2) is 7.58. The smallest absolute Gasteiger partial charge is 0.158 e. The first-order valence-corrected chi connectivity index (χ1v) is 8.09. The van der Waals surface area contributed by atoms with Crippen LogP contribution in [0.1, 0.15) is 51.9 Å². The number of aliphatic hydroxyl groups is 1. The maximum absolute atomic E-state index is 9.22. The zero-order valence-corrected chi connectivity index (χ0v) is 12.4. The molecule has 3 atom stereocenters. The summed E-state index contributed by atoms with van der Waals surface area (Å²) in [7, 11) is 0. The average molecular weight is 269 g/mol. The van der Waals surface area contributed by atoms with Gasteiger partial charge in [0, 0.05) is 12.6 Å². The summed E-state index contributed by atoms with van der Waals surface area (Å²) in [5, 5.41) is 12.3. The first-order valence-electron chi connectivity index (χ1n) is 8.09. The molecular formula is C15H31N3O. The van der Waals surface area contributed by atoms with Crippen LogP contribution in [0, 0.1) is 11.8 Å². The second-order valence-corrected chi connectivity index (χ2v) is 6.49. The summed E-state index contributed by atoms with van der Waals surface area (Å²) in [6, 6.07) is 0.409. The van der Waals surface area contributed by atoms with E-state index in [-0.39, 0.29) is 0 Å². The van der Waals surface area contributed by atoms with Gasteiger partial charge in [0.1, 0.15) is 0 Å². The van der Waals surface area contributed by atoms with Crippen molar-refractivity contribution in [3.63, 3.8) is 0 Å². The van der Waals surface area contributed by atoms with E-state index in [2.05, 4.69) is 17.1 Å². The van der Waals surface area contributed by atoms with E-state index in [0.717, 1.165) is 18.3 Å². The van der Waals surface area contributed by atoms with Crippen LogP contribution in [0.3, 0.4) is 0 Å². The molecule has 0 aromatic heterocycles. The molecular weight excluding hydrogens is 238 g/mol. The van der Waals surface area contributed by atoms with Gasteiger partial charge in [-0.3, -0.25) is 11.1 Å². The fraction of sp³-hybridized carbons (Fsp3) is 1.00. The molecule has 0 bridgehead atoms. The maximum atomic E-state index is 9.22. The van der Waals surface area contributed by atoms with Crippen molar-refractivity contribution in [1.29, 1.82) is 0 Å². The van der Waals surface area contributed by atoms with E-state index < -0.39 is 6.35 Å². The molecule has 4 nitrogen and oxygen atoms in total. The highest BCUT2D eigenvalue weighted by Crippen LogP contribution is 2.27. The normalized spacial score (nSPS) is 32.4. The molecule has 0 spiro atoms. The lowest BCUT2D eigenvalue weighted by molar-refractivity contribution is 0.0971. The molecule has 0 radical (unpaired) electrons. The van der Waals surface area contributed by atoms with E-state index in [1.54, 1.807) is 0 Å². The van der Waals surface area contributed by atoms with E-state index in [4.69, 9.17) is 5.73 Å². The molecule has 2 fully saturated rings. The minimum atomic E-state index is -0.857. The predicted molar refractivity (Wildman–Crippen MR) is 78.5 cm³/mol. The number of hydrogen-bond donors (Lipinski definition) is 3. The van der Waals surface area contributed by atoms with Gasteiger partial charge in [0.2, 0.25) is 0 Å². The Morgan fingerprint density at radius 1 is 1.21 bits per heavy atom. The Bertz CT molecular complexity index is 252. The van der Waals surface area contributed by atoms with Crippen LogP contribution in [-0.4, -0.2) is 42.0 Å². The predicted octanol–water partition coefficient (Wildman–Crippen LogP) is 1.49. The lowest BCUT2D eigenvalue weighted by Crippen LogP contribution is -2.47. The second-order valence-electron chi connectivity index (χ2n) is 6.49. The van der Waals surface area contributed by atoms with Crippen molar-refractivity contribution in [1.82, 2.24) is 10.2 Å². The molecule has 112 valence electrons. The van der Waals surface area contributed by atoms with E-state index in [1.165, 1.54) is 58.2 Å². The number of likely N-dealkylation sites (tertiary alicyclic amines) is 1. The molecule has 4 N–H and O–H groups in total. The zero-order chi connectivity index (χ0) is 13.7. The number of rotatable bonds is 5. The monoisotopic (exact) mass is 269 g/mol. The lowest BCUT2D eigenvalue weighted by Gasteiger charge is -2.37. The number of nitrogens with two attached hydrogens (primary N) is 1. The summed E-state index contributed by atoms with van der Waals surface area (Å²) < 4.78 is 0. The maximum Gasteiger partial charge on any atom is 0.158 e. The van der Waals surface area contributed by atoms with Crippen LogP contribution in [0.25, 0.3) is 0 Å². The molecule has 1 saturated carbocycles. The van der Waals surface area contributed by atoms with Crippen molar-refractivity contribution >= 4 is 0 Å². The number of piperidine rings is 1. The average Bonchev–Trinajstić information content (AvgIpc) is 2.39. The summed E-state index contributed by atoms with van der Waals surface area (Å²) >= 11 is 0. The third kappa shape index (κ3) is 5.03. The van der Waals surface area contributed by atoms with Gasteiger partial charge in [-0.25, -0.2) is 0 Å². The number of nitrogens with one attached hydrogen (secondary N) is 1. The Kier molecular flexibility index (Phi) is 6.07. The van der Waals surface area contributed by atoms with Crippen LogP contribution in [0.2, 0.25) is 0 Å². The molecule has 4 heteroatoms. The van der Waals surface area contributed by atoms with E-state index in [1.807, 2.05) is 0 Å². The van der Waals surface area contributed by atoms with Crippen LogP contribution in [-0.2, 0) is 0 Å². The molecule has 1 unspecified atom stereocenters. The Balaban J connectivity index is 1.70. The molecule has 1 heterocycles. The molecule has 19 heavy (non-hydrogen) atoms. The van der Waals surface area contributed by atoms with Gasteiger partial charge in [0.25, 0.3) is 0 Å². The Labute approximate surface area is 117 Å². The lowest BCUT2D eigenvalue weighted by atomic mass is 9.84. The largest absolute Gasteiger partial charge is 0.366 e. The zero-order valence-electron chi connectivity index (χ0n) is 12.4. The van der Waals surface area contributed by atoms with Crippen molar-refractivity contribution in [3.8, 4) is 0 Å². The minimum absolute atomic E-state index is 0.409. The summed E-state index contributed by atoms with van der Waals surface area (Å²) in [5.74, 6) is 1.74. The van der Waals surface area contributed by atoms with Crippen molar-refractivity contribution in [3.05, 3.63) is 0 Å². The standard InChI is InChI=1S/C15H31N3O/c1-2-12-6-8-18(9-7-12)11-13-4-3-5-14(10-13)17-15(16)19/h12-15,17,19H,2-11,16H2,1H3/t13-,14+,15?/m0/s1. The fourth-order valence-corrected chi connectivity index (χ4v) is 3.79. The SMILES string of the molecule is CCC1CCN(C[C@H]2CCC[C@@H](NC(N)O)C2)CC1. The van der Waals surface area contributed by atoms with Gasteiger partial charge in [-0.05, 0) is 57.0 Å². The van der Waals surface area contributed by atoms with Crippen molar-refractivity contribution in [2.75, 3.05) is 19.6 Å². The van der Waals surface area contributed by atoms with Gasteiger partial charge in [0.05, 0.1) is 0 Å². The summed E-state index contributed by atoms with van der Waals surface area (Å²) in [6.07, 6.45) is 8.18. The summed E-state index contributed by atoms with van der Waals surface area (Å²) in [6.45, 7) is 6.13. The van der Waals surface area contributed by atoms with Crippen LogP contribution in [0.15, 0.2) is 0 Å². The summed E-state index contributed by atoms with van der Waals surface area (Å²) in [4.78, 5) is 2.65. The molecule has 0 aromatic rings. The highest BCUT2D eigenvalue weighted by molar-refractivity contribution is 4.81. The van der Waals surface area contributed by atoms with Crippen molar-refractivity contribution in [2.45, 2.75) is 64.3 Å². The van der Waals surface area contributed by atoms with Gasteiger partial charge in [-0.2, -0.15) is 0 Å². The van der Waals surface area contributed by atoms with E-state index >= 15 is 0 Å². The molecule has 1 aliphatic heterocycles. The molecule has 2 rings (SSSR count). The molecule has 0 amide bonds. The van der Waals surface area contributed by atoms with Gasteiger partial charge in [-0.15, -0.1) is 0 Å². The Morgan fingerprint density at radius 3 is 2.58 bits per heavy atom. The Morgan fingerprint density at radius 2 is 1.95 bits per heavy atom. The highest BCUT2D eigenvalue weighted by atomic mass is 16.3. The van der Waals surface area contributed by atoms with Crippen molar-refractivity contribution < 1.29 is 5.11 Å². The first kappa shape index (κ1) is 15.2. The van der Waals surface area contributed by atoms with Gasteiger partial charge in [-0.1, -0.05) is 19.8 Å². The third-order valence-electron chi connectivity index (χ3n) is 4.99. The summed E-state index contributed by atoms with van der Waals surface area (Å²) in [5.41, 5.74) is 5.42. The molecule has 1 saturated heterocycles. The van der Waals surface area contributed by atoms with Crippen molar-refractivity contribution in [2.24, 2.45) is 17.6 Å². The van der Waals surface area contributed by atoms with E-state index in [0.29, 0.717) is 6.04 Å². The van der Waals surface area contributed by atoms with Gasteiger partial charge < -0.3 is 10.0 Å². The number of aliphatic hydroxyl groups excluding tert-OH is 1.